The number of nitrogens with one attached hydrogen (secondary N) is 1. The molecule has 0 bridgehead atoms. The number of thiophene rings is 1. The summed E-state index contributed by atoms with van der Waals surface area (Å²) >= 11 is 1.80. The van der Waals surface area contributed by atoms with Gasteiger partial charge in [-0.15, -0.1) is 35.3 Å². The van der Waals surface area contributed by atoms with Gasteiger partial charge in [0, 0.05) is 32.1 Å². The van der Waals surface area contributed by atoms with E-state index < -0.39 is 0 Å². The molecular weight excluding hydrogens is 457 g/mol. The van der Waals surface area contributed by atoms with Crippen molar-refractivity contribution in [2.75, 3.05) is 20.6 Å². The number of ether oxygens (including phenoxy) is 1. The normalized spacial score (nSPS) is 11.3. The maximum absolute atomic E-state index is 5.68. The highest BCUT2D eigenvalue weighted by atomic mass is 127. The van der Waals surface area contributed by atoms with Crippen molar-refractivity contribution in [2.24, 2.45) is 4.99 Å². The summed E-state index contributed by atoms with van der Waals surface area (Å²) in [7, 11) is 3.91. The van der Waals surface area contributed by atoms with E-state index in [2.05, 4.69) is 77.9 Å². The smallest absolute Gasteiger partial charge is 0.193 e. The Morgan fingerprint density at radius 2 is 2.00 bits per heavy atom. The Kier molecular flexibility index (Phi) is 10.8. The van der Waals surface area contributed by atoms with Gasteiger partial charge in [0.05, 0.1) is 12.7 Å². The number of benzene rings is 1. The molecule has 0 atom stereocenters. The second-order valence-corrected chi connectivity index (χ2v) is 7.36. The Labute approximate surface area is 178 Å². The van der Waals surface area contributed by atoms with Crippen LogP contribution in [0.15, 0.2) is 46.8 Å². The molecule has 0 saturated heterocycles. The average molecular weight is 487 g/mol. The van der Waals surface area contributed by atoms with E-state index >= 15 is 0 Å². The maximum Gasteiger partial charge on any atom is 0.193 e. The largest absolute Gasteiger partial charge is 0.374 e. The topological polar surface area (TPSA) is 36.9 Å². The predicted octanol–water partition coefficient (Wildman–Crippen LogP) is 4.54. The maximum atomic E-state index is 5.68. The van der Waals surface area contributed by atoms with Gasteiger partial charge in [0.15, 0.2) is 5.96 Å². The average Bonchev–Trinajstić information content (AvgIpc) is 3.12. The fraction of sp³-hybridized carbons (Fsp3) is 0.450. The van der Waals surface area contributed by atoms with Gasteiger partial charge in [-0.2, -0.15) is 0 Å². The van der Waals surface area contributed by atoms with Gasteiger partial charge in [-0.3, -0.25) is 4.99 Å². The number of rotatable bonds is 8. The van der Waals surface area contributed by atoms with E-state index in [1.54, 1.807) is 11.3 Å². The van der Waals surface area contributed by atoms with Crippen molar-refractivity contribution in [3.63, 3.8) is 0 Å². The number of halogens is 1. The summed E-state index contributed by atoms with van der Waals surface area (Å²) in [6, 6.07) is 12.8. The number of guanidine groups is 1. The zero-order valence-corrected chi connectivity index (χ0v) is 19.2. The lowest BCUT2D eigenvalue weighted by Crippen LogP contribution is -2.39. The van der Waals surface area contributed by atoms with Crippen LogP contribution in [0, 0.1) is 0 Å². The molecule has 144 valence electrons. The molecule has 0 aliphatic carbocycles. The van der Waals surface area contributed by atoms with Crippen LogP contribution < -0.4 is 5.32 Å². The van der Waals surface area contributed by atoms with Crippen LogP contribution in [-0.4, -0.2) is 37.6 Å². The third-order valence-electron chi connectivity index (χ3n) is 3.87. The minimum absolute atomic E-state index is 0. The quantitative estimate of drug-likeness (QED) is 0.338. The summed E-state index contributed by atoms with van der Waals surface area (Å²) in [6.45, 7) is 6.47. The highest BCUT2D eigenvalue weighted by molar-refractivity contribution is 14.0. The number of hydrogen-bond acceptors (Lipinski definition) is 3. The van der Waals surface area contributed by atoms with Crippen molar-refractivity contribution >= 4 is 41.3 Å². The number of likely N-dealkylation sites (N-methyl/N-ethyl adjacent to an activating group) is 1. The SMILES string of the molecule is CN=C(NCc1cccc(COC(C)C)c1)N(C)CCc1cccs1.I. The van der Waals surface area contributed by atoms with E-state index in [4.69, 9.17) is 4.74 Å². The molecule has 2 rings (SSSR count). The molecule has 0 unspecified atom stereocenters. The zero-order chi connectivity index (χ0) is 18.1. The molecule has 1 heterocycles. The molecule has 0 spiro atoms. The third kappa shape index (κ3) is 8.05. The van der Waals surface area contributed by atoms with Crippen molar-refractivity contribution in [2.45, 2.75) is 39.5 Å². The van der Waals surface area contributed by atoms with Crippen LogP contribution in [0.3, 0.4) is 0 Å². The minimum atomic E-state index is 0. The first-order valence-electron chi connectivity index (χ1n) is 8.72. The molecule has 0 amide bonds. The van der Waals surface area contributed by atoms with Crippen LogP contribution in [0.1, 0.15) is 29.9 Å². The van der Waals surface area contributed by atoms with Crippen LogP contribution >= 0.6 is 35.3 Å². The standard InChI is InChI=1S/C20H29N3OS.HI/c1-16(2)24-15-18-8-5-7-17(13-18)14-22-20(21-3)23(4)11-10-19-9-6-12-25-19;/h5-9,12-13,16H,10-11,14-15H2,1-4H3,(H,21,22);1H. The molecule has 6 heteroatoms. The molecule has 1 aromatic heterocycles. The summed E-state index contributed by atoms with van der Waals surface area (Å²) in [6.07, 6.45) is 1.29. The van der Waals surface area contributed by atoms with Gasteiger partial charge in [-0.1, -0.05) is 30.3 Å². The summed E-state index contributed by atoms with van der Waals surface area (Å²) < 4.78 is 5.68. The van der Waals surface area contributed by atoms with Gasteiger partial charge in [0.2, 0.25) is 0 Å². The Hall–Kier alpha value is -1.12. The predicted molar refractivity (Wildman–Crippen MR) is 123 cm³/mol. The first kappa shape index (κ1) is 22.9. The van der Waals surface area contributed by atoms with Crippen LogP contribution in [0.4, 0.5) is 0 Å². The third-order valence-corrected chi connectivity index (χ3v) is 4.81. The lowest BCUT2D eigenvalue weighted by atomic mass is 10.1. The molecule has 0 radical (unpaired) electrons. The zero-order valence-electron chi connectivity index (χ0n) is 16.1. The Morgan fingerprint density at radius 1 is 1.23 bits per heavy atom. The molecule has 1 N–H and O–H groups in total. The minimum Gasteiger partial charge on any atom is -0.374 e. The lowest BCUT2D eigenvalue weighted by molar-refractivity contribution is 0.0657. The molecule has 2 aromatic rings. The fourth-order valence-corrected chi connectivity index (χ4v) is 3.19. The van der Waals surface area contributed by atoms with Crippen molar-refractivity contribution in [1.82, 2.24) is 10.2 Å². The van der Waals surface area contributed by atoms with Crippen molar-refractivity contribution < 1.29 is 4.74 Å². The highest BCUT2D eigenvalue weighted by Crippen LogP contribution is 2.10. The van der Waals surface area contributed by atoms with E-state index in [0.717, 1.165) is 25.5 Å². The summed E-state index contributed by atoms with van der Waals surface area (Å²) in [5.41, 5.74) is 2.44. The molecule has 0 aliphatic rings. The van der Waals surface area contributed by atoms with Crippen LogP contribution in [-0.2, 0) is 24.3 Å². The van der Waals surface area contributed by atoms with E-state index in [1.807, 2.05) is 7.05 Å². The van der Waals surface area contributed by atoms with Gasteiger partial charge in [0.25, 0.3) is 0 Å². The second-order valence-electron chi connectivity index (χ2n) is 6.33. The summed E-state index contributed by atoms with van der Waals surface area (Å²) in [5.74, 6) is 0.917. The summed E-state index contributed by atoms with van der Waals surface area (Å²) in [5, 5.41) is 5.57. The number of hydrogen-bond donors (Lipinski definition) is 1. The first-order valence-corrected chi connectivity index (χ1v) is 9.60. The lowest BCUT2D eigenvalue weighted by Gasteiger charge is -2.22. The van der Waals surface area contributed by atoms with Gasteiger partial charge in [-0.25, -0.2) is 0 Å². The van der Waals surface area contributed by atoms with Gasteiger partial charge >= 0.3 is 0 Å². The molecule has 4 nitrogen and oxygen atoms in total. The van der Waals surface area contributed by atoms with E-state index in [-0.39, 0.29) is 30.1 Å². The Balaban J connectivity index is 0.00000338. The molecule has 0 aliphatic heterocycles. The molecule has 0 fully saturated rings. The van der Waals surface area contributed by atoms with Crippen LogP contribution in [0.25, 0.3) is 0 Å². The summed E-state index contributed by atoms with van der Waals surface area (Å²) in [4.78, 5) is 7.97. The second kappa shape index (κ2) is 12.3. The van der Waals surface area contributed by atoms with Gasteiger partial charge < -0.3 is 15.0 Å². The monoisotopic (exact) mass is 487 g/mol. The number of aliphatic imine (C=N–C) groups is 1. The molecular formula is C20H30IN3OS. The van der Waals surface area contributed by atoms with Gasteiger partial charge in [0.1, 0.15) is 0 Å². The highest BCUT2D eigenvalue weighted by Gasteiger charge is 2.07. The Morgan fingerprint density at radius 3 is 2.65 bits per heavy atom. The van der Waals surface area contributed by atoms with Gasteiger partial charge in [-0.05, 0) is 42.8 Å². The van der Waals surface area contributed by atoms with Crippen LogP contribution in [0.5, 0.6) is 0 Å². The Bertz CT molecular complexity index is 659. The van der Waals surface area contributed by atoms with Crippen molar-refractivity contribution in [1.29, 1.82) is 0 Å². The first-order chi connectivity index (χ1) is 12.1. The fourth-order valence-electron chi connectivity index (χ4n) is 2.50. The molecule has 1 aromatic carbocycles. The van der Waals surface area contributed by atoms with Crippen LogP contribution in [0.2, 0.25) is 0 Å². The van der Waals surface area contributed by atoms with E-state index in [0.29, 0.717) is 6.61 Å². The number of nitrogens with zero attached hydrogens (tertiary/aromatic N) is 2. The van der Waals surface area contributed by atoms with E-state index in [1.165, 1.54) is 16.0 Å². The molecule has 26 heavy (non-hydrogen) atoms. The van der Waals surface area contributed by atoms with Crippen molar-refractivity contribution in [3.8, 4) is 0 Å². The molecule has 0 saturated carbocycles. The van der Waals surface area contributed by atoms with Crippen molar-refractivity contribution in [3.05, 3.63) is 57.8 Å². The van der Waals surface area contributed by atoms with E-state index in [9.17, 15) is 0 Å².